The van der Waals surface area contributed by atoms with Gasteiger partial charge < -0.3 is 26.4 Å². The van der Waals surface area contributed by atoms with Crippen molar-refractivity contribution in [2.24, 2.45) is 5.73 Å². The maximum Gasteiger partial charge on any atom is 0.217 e. The minimum Gasteiger partial charge on any atom is -0.382 e. The van der Waals surface area contributed by atoms with Crippen molar-refractivity contribution in [3.05, 3.63) is 0 Å². The molecule has 0 unspecified atom stereocenters. The molecule has 0 aliphatic rings. The van der Waals surface area contributed by atoms with Gasteiger partial charge in [0.25, 0.3) is 0 Å². The van der Waals surface area contributed by atoms with E-state index in [0.717, 1.165) is 65.3 Å². The van der Waals surface area contributed by atoms with E-state index in [2.05, 4.69) is 16.0 Å². The number of ether oxygens (including phenoxy) is 1. The van der Waals surface area contributed by atoms with Gasteiger partial charge in [-0.25, -0.2) is 0 Å². The average molecular weight is 288 g/mol. The fourth-order valence-electron chi connectivity index (χ4n) is 1.71. The van der Waals surface area contributed by atoms with Crippen molar-refractivity contribution >= 4 is 5.91 Å². The lowest BCUT2D eigenvalue weighted by molar-refractivity contribution is -0.118. The highest BCUT2D eigenvalue weighted by Crippen LogP contribution is 1.87. The Morgan fingerprint density at radius 3 is 2.00 bits per heavy atom. The van der Waals surface area contributed by atoms with Gasteiger partial charge in [-0.3, -0.25) is 4.79 Å². The molecular formula is C14H32N4O2. The van der Waals surface area contributed by atoms with Crippen LogP contribution in [0, 0.1) is 0 Å². The number of carbonyl (C=O) groups is 1. The van der Waals surface area contributed by atoms with Crippen LogP contribution in [-0.2, 0) is 9.53 Å². The van der Waals surface area contributed by atoms with E-state index in [1.165, 1.54) is 6.42 Å². The van der Waals surface area contributed by atoms with Crippen molar-refractivity contribution in [2.75, 3.05) is 52.5 Å². The fraction of sp³-hybridized carbons (Fsp3) is 0.929. The van der Waals surface area contributed by atoms with Crippen LogP contribution in [0.15, 0.2) is 0 Å². The number of nitrogens with two attached hydrogens (primary N) is 1. The van der Waals surface area contributed by atoms with Gasteiger partial charge in [0.05, 0.1) is 0 Å². The molecule has 0 aliphatic heterocycles. The van der Waals surface area contributed by atoms with Crippen LogP contribution in [0.5, 0.6) is 0 Å². The topological polar surface area (TPSA) is 88.4 Å². The van der Waals surface area contributed by atoms with Crippen molar-refractivity contribution < 1.29 is 9.53 Å². The molecule has 0 rings (SSSR count). The summed E-state index contributed by atoms with van der Waals surface area (Å²) in [5, 5.41) is 10.0. The number of hydrogen-bond donors (Lipinski definition) is 4. The maximum absolute atomic E-state index is 10.5. The largest absolute Gasteiger partial charge is 0.382 e. The second-order valence-corrected chi connectivity index (χ2v) is 4.72. The van der Waals surface area contributed by atoms with Crippen LogP contribution in [0.25, 0.3) is 0 Å². The van der Waals surface area contributed by atoms with Gasteiger partial charge >= 0.3 is 0 Å². The Morgan fingerprint density at radius 2 is 1.45 bits per heavy atom. The molecule has 0 fully saturated rings. The summed E-state index contributed by atoms with van der Waals surface area (Å²) in [5.74, 6) is -0.225. The minimum absolute atomic E-state index is 0.225. The number of amides is 1. The first kappa shape index (κ1) is 19.3. The number of rotatable bonds is 16. The quantitative estimate of drug-likeness (QED) is 0.296. The van der Waals surface area contributed by atoms with E-state index in [1.54, 1.807) is 0 Å². The van der Waals surface area contributed by atoms with Crippen molar-refractivity contribution in [1.29, 1.82) is 0 Å². The van der Waals surface area contributed by atoms with Crippen LogP contribution in [0.3, 0.4) is 0 Å². The highest BCUT2D eigenvalue weighted by molar-refractivity contribution is 5.73. The second kappa shape index (κ2) is 16.4. The molecule has 0 saturated heterocycles. The zero-order chi connectivity index (χ0) is 14.9. The van der Waals surface area contributed by atoms with Crippen LogP contribution >= 0.6 is 0 Å². The van der Waals surface area contributed by atoms with Gasteiger partial charge in [0.15, 0.2) is 0 Å². The van der Waals surface area contributed by atoms with E-state index in [4.69, 9.17) is 10.5 Å². The molecule has 120 valence electrons. The van der Waals surface area contributed by atoms with Gasteiger partial charge in [-0.05, 0) is 39.3 Å². The summed E-state index contributed by atoms with van der Waals surface area (Å²) in [6.07, 6.45) is 3.58. The normalized spacial score (nSPS) is 10.8. The third-order valence-electron chi connectivity index (χ3n) is 2.83. The summed E-state index contributed by atoms with van der Waals surface area (Å²) in [4.78, 5) is 10.5. The number of hydrogen-bond acceptors (Lipinski definition) is 5. The third kappa shape index (κ3) is 17.3. The van der Waals surface area contributed by atoms with E-state index in [0.29, 0.717) is 6.42 Å². The Bertz CT molecular complexity index is 215. The monoisotopic (exact) mass is 288 g/mol. The molecule has 5 N–H and O–H groups in total. The predicted octanol–water partition coefficient (Wildman–Crippen LogP) is -0.163. The predicted molar refractivity (Wildman–Crippen MR) is 82.8 cm³/mol. The standard InChI is InChI=1S/C14H32N4O2/c1-2-20-13-4-3-7-16-9-11-18-12-10-17-8-5-6-14(15)19/h16-18H,2-13H2,1H3,(H2,15,19). The lowest BCUT2D eigenvalue weighted by Crippen LogP contribution is -2.33. The molecule has 0 heterocycles. The summed E-state index contributed by atoms with van der Waals surface area (Å²) in [6, 6.07) is 0. The van der Waals surface area contributed by atoms with E-state index >= 15 is 0 Å². The van der Waals surface area contributed by atoms with Crippen LogP contribution < -0.4 is 21.7 Å². The molecule has 0 aromatic carbocycles. The minimum atomic E-state index is -0.225. The van der Waals surface area contributed by atoms with E-state index < -0.39 is 0 Å². The number of primary amides is 1. The van der Waals surface area contributed by atoms with E-state index in [1.807, 2.05) is 6.92 Å². The Labute approximate surface area is 123 Å². The first-order chi connectivity index (χ1) is 9.77. The lowest BCUT2D eigenvalue weighted by atomic mass is 10.3. The van der Waals surface area contributed by atoms with Crippen LogP contribution in [0.1, 0.15) is 32.6 Å². The lowest BCUT2D eigenvalue weighted by Gasteiger charge is -2.07. The zero-order valence-corrected chi connectivity index (χ0v) is 12.9. The van der Waals surface area contributed by atoms with Crippen LogP contribution in [0.2, 0.25) is 0 Å². The summed E-state index contributed by atoms with van der Waals surface area (Å²) in [7, 11) is 0. The molecule has 6 nitrogen and oxygen atoms in total. The number of carbonyl (C=O) groups excluding carboxylic acids is 1. The first-order valence-corrected chi connectivity index (χ1v) is 7.75. The van der Waals surface area contributed by atoms with Crippen LogP contribution in [0.4, 0.5) is 0 Å². The maximum atomic E-state index is 10.5. The highest BCUT2D eigenvalue weighted by atomic mass is 16.5. The molecule has 0 spiro atoms. The van der Waals surface area contributed by atoms with Gasteiger partial charge in [0.2, 0.25) is 5.91 Å². The molecule has 0 bridgehead atoms. The molecule has 1 amide bonds. The zero-order valence-electron chi connectivity index (χ0n) is 12.9. The molecule has 0 atom stereocenters. The summed E-state index contributed by atoms with van der Waals surface area (Å²) < 4.78 is 5.27. The van der Waals surface area contributed by atoms with E-state index in [-0.39, 0.29) is 5.91 Å². The smallest absolute Gasteiger partial charge is 0.217 e. The van der Waals surface area contributed by atoms with Gasteiger partial charge in [-0.2, -0.15) is 0 Å². The number of unbranched alkanes of at least 4 members (excludes halogenated alkanes) is 1. The summed E-state index contributed by atoms with van der Waals surface area (Å²) in [6.45, 7) is 9.46. The van der Waals surface area contributed by atoms with Crippen molar-refractivity contribution in [1.82, 2.24) is 16.0 Å². The Morgan fingerprint density at radius 1 is 0.900 bits per heavy atom. The SMILES string of the molecule is CCOCCCCNCCNCCNCCCC(N)=O. The first-order valence-electron chi connectivity index (χ1n) is 7.75. The molecule has 0 aromatic heterocycles. The molecule has 0 saturated carbocycles. The van der Waals surface area contributed by atoms with Gasteiger partial charge in [0, 0.05) is 45.8 Å². The Kier molecular flexibility index (Phi) is 15.8. The molecule has 0 aromatic rings. The second-order valence-electron chi connectivity index (χ2n) is 4.72. The van der Waals surface area contributed by atoms with Crippen molar-refractivity contribution in [3.63, 3.8) is 0 Å². The fourth-order valence-corrected chi connectivity index (χ4v) is 1.71. The molecule has 20 heavy (non-hydrogen) atoms. The van der Waals surface area contributed by atoms with Gasteiger partial charge in [-0.1, -0.05) is 0 Å². The molecular weight excluding hydrogens is 256 g/mol. The summed E-state index contributed by atoms with van der Waals surface area (Å²) in [5.41, 5.74) is 5.05. The highest BCUT2D eigenvalue weighted by Gasteiger charge is 1.93. The van der Waals surface area contributed by atoms with Gasteiger partial charge in [-0.15, -0.1) is 0 Å². The summed E-state index contributed by atoms with van der Waals surface area (Å²) >= 11 is 0. The van der Waals surface area contributed by atoms with Crippen LogP contribution in [-0.4, -0.2) is 58.4 Å². The Balaban J connectivity index is 2.94. The Hall–Kier alpha value is -0.690. The molecule has 0 radical (unpaired) electrons. The average Bonchev–Trinajstić information content (AvgIpc) is 2.43. The van der Waals surface area contributed by atoms with Gasteiger partial charge in [0.1, 0.15) is 0 Å². The molecule has 0 aliphatic carbocycles. The van der Waals surface area contributed by atoms with Crippen molar-refractivity contribution in [2.45, 2.75) is 32.6 Å². The van der Waals surface area contributed by atoms with E-state index in [9.17, 15) is 4.79 Å². The third-order valence-corrected chi connectivity index (χ3v) is 2.83. The van der Waals surface area contributed by atoms with Crippen molar-refractivity contribution in [3.8, 4) is 0 Å². The number of nitrogens with one attached hydrogen (secondary N) is 3. The molecule has 6 heteroatoms.